The average molecular weight is 273 g/mol. The molecule has 2 aliphatic rings. The Hall–Kier alpha value is -1.80. The van der Waals surface area contributed by atoms with E-state index >= 15 is 0 Å². The van der Waals surface area contributed by atoms with Crippen LogP contribution in [0.5, 0.6) is 0 Å². The molecule has 0 unspecified atom stereocenters. The topological polar surface area (TPSA) is 69.1 Å². The summed E-state index contributed by atoms with van der Waals surface area (Å²) in [6.45, 7) is 4.55. The number of likely N-dealkylation sites (tertiary alicyclic amines) is 1. The first-order valence-electron chi connectivity index (χ1n) is 7.13. The number of nitrogens with one attached hydrogen (secondary N) is 1. The van der Waals surface area contributed by atoms with Crippen molar-refractivity contribution in [3.8, 4) is 6.07 Å². The van der Waals surface area contributed by atoms with Gasteiger partial charge in [-0.05, 0) is 37.7 Å². The number of aromatic amines is 1. The fourth-order valence-electron chi connectivity index (χ4n) is 3.55. The molecule has 0 aliphatic carbocycles. The van der Waals surface area contributed by atoms with Crippen molar-refractivity contribution < 1.29 is 9.53 Å². The van der Waals surface area contributed by atoms with Crippen molar-refractivity contribution in [2.75, 3.05) is 19.8 Å². The Morgan fingerprint density at radius 3 is 2.90 bits per heavy atom. The molecule has 106 valence electrons. The van der Waals surface area contributed by atoms with Crippen LogP contribution in [0.25, 0.3) is 0 Å². The normalized spacial score (nSPS) is 24.8. The molecule has 0 bridgehead atoms. The standard InChI is InChI=1S/C15H19N3O2/c1-11-15(3-6-20-7-4-15)2-5-18(11)14(19)12-8-13(9-16)17-10-12/h8,10-11,17H,2-7H2,1H3/t11-/m0/s1. The summed E-state index contributed by atoms with van der Waals surface area (Å²) in [7, 11) is 0. The van der Waals surface area contributed by atoms with Crippen LogP contribution in [-0.2, 0) is 4.74 Å². The van der Waals surface area contributed by atoms with Gasteiger partial charge in [-0.2, -0.15) is 5.26 Å². The number of carbonyl (C=O) groups excluding carboxylic acids is 1. The van der Waals surface area contributed by atoms with Crippen molar-refractivity contribution >= 4 is 5.91 Å². The first kappa shape index (κ1) is 13.2. The van der Waals surface area contributed by atoms with E-state index in [2.05, 4.69) is 11.9 Å². The van der Waals surface area contributed by atoms with Crippen molar-refractivity contribution in [3.63, 3.8) is 0 Å². The molecular weight excluding hydrogens is 254 g/mol. The second-order valence-corrected chi connectivity index (χ2v) is 5.81. The second-order valence-electron chi connectivity index (χ2n) is 5.81. The Morgan fingerprint density at radius 1 is 1.50 bits per heavy atom. The van der Waals surface area contributed by atoms with Gasteiger partial charge >= 0.3 is 0 Å². The van der Waals surface area contributed by atoms with Gasteiger partial charge in [-0.15, -0.1) is 0 Å². The Balaban J connectivity index is 1.78. The lowest BCUT2D eigenvalue weighted by Gasteiger charge is -2.38. The van der Waals surface area contributed by atoms with E-state index in [1.165, 1.54) is 0 Å². The molecule has 1 spiro atoms. The van der Waals surface area contributed by atoms with E-state index in [1.54, 1.807) is 12.3 Å². The van der Waals surface area contributed by atoms with E-state index in [1.807, 2.05) is 11.0 Å². The van der Waals surface area contributed by atoms with Crippen molar-refractivity contribution in [3.05, 3.63) is 23.5 Å². The van der Waals surface area contributed by atoms with E-state index in [0.717, 1.165) is 39.0 Å². The van der Waals surface area contributed by atoms with Gasteiger partial charge in [0.1, 0.15) is 11.8 Å². The van der Waals surface area contributed by atoms with Crippen molar-refractivity contribution in [2.45, 2.75) is 32.2 Å². The minimum atomic E-state index is 0.0265. The third kappa shape index (κ3) is 2.01. The summed E-state index contributed by atoms with van der Waals surface area (Å²) < 4.78 is 5.46. The Morgan fingerprint density at radius 2 is 2.25 bits per heavy atom. The highest BCUT2D eigenvalue weighted by Gasteiger charge is 2.47. The summed E-state index contributed by atoms with van der Waals surface area (Å²) in [6, 6.07) is 3.88. The molecule has 0 radical (unpaired) electrons. The Kier molecular flexibility index (Phi) is 3.27. The molecule has 20 heavy (non-hydrogen) atoms. The molecule has 2 fully saturated rings. The third-order valence-electron chi connectivity index (χ3n) is 5.00. The number of carbonyl (C=O) groups is 1. The number of hydrogen-bond acceptors (Lipinski definition) is 3. The van der Waals surface area contributed by atoms with Gasteiger partial charge in [-0.3, -0.25) is 4.79 Å². The zero-order valence-corrected chi connectivity index (χ0v) is 11.7. The first-order chi connectivity index (χ1) is 9.66. The lowest BCUT2D eigenvalue weighted by molar-refractivity contribution is 0.000176. The van der Waals surface area contributed by atoms with Gasteiger partial charge in [0, 0.05) is 32.0 Å². The Bertz CT molecular complexity index is 552. The number of nitrogens with zero attached hydrogens (tertiary/aromatic N) is 2. The van der Waals surface area contributed by atoms with E-state index in [9.17, 15) is 4.79 Å². The molecule has 5 heteroatoms. The summed E-state index contributed by atoms with van der Waals surface area (Å²) in [5, 5.41) is 8.83. The second kappa shape index (κ2) is 4.95. The van der Waals surface area contributed by atoms with Crippen LogP contribution in [0.4, 0.5) is 0 Å². The van der Waals surface area contributed by atoms with Crippen LogP contribution in [0.3, 0.4) is 0 Å². The smallest absolute Gasteiger partial charge is 0.255 e. The molecule has 1 aromatic rings. The number of aromatic nitrogens is 1. The minimum absolute atomic E-state index is 0.0265. The zero-order valence-electron chi connectivity index (χ0n) is 11.7. The number of hydrogen-bond donors (Lipinski definition) is 1. The molecule has 1 N–H and O–H groups in total. The number of rotatable bonds is 1. The summed E-state index contributed by atoms with van der Waals surface area (Å²) in [5.41, 5.74) is 1.24. The molecule has 1 atom stereocenters. The maximum absolute atomic E-state index is 12.6. The summed E-state index contributed by atoms with van der Waals surface area (Å²) >= 11 is 0. The lowest BCUT2D eigenvalue weighted by Crippen LogP contribution is -2.43. The molecule has 0 aromatic carbocycles. The quantitative estimate of drug-likeness (QED) is 0.850. The predicted molar refractivity (Wildman–Crippen MR) is 73.1 cm³/mol. The molecular formula is C15H19N3O2. The average Bonchev–Trinajstić information content (AvgIpc) is 3.07. The van der Waals surface area contributed by atoms with Crippen LogP contribution in [0.15, 0.2) is 12.3 Å². The minimum Gasteiger partial charge on any atom is -0.381 e. The molecule has 2 aliphatic heterocycles. The SMILES string of the molecule is C[C@@H]1N(C(=O)c2c[nH]c(C#N)c2)CCC12CCOCC2. The van der Waals surface area contributed by atoms with Gasteiger partial charge in [-0.1, -0.05) is 0 Å². The molecule has 0 saturated carbocycles. The van der Waals surface area contributed by atoms with E-state index in [4.69, 9.17) is 10.00 Å². The highest BCUT2D eigenvalue weighted by atomic mass is 16.5. The van der Waals surface area contributed by atoms with Crippen LogP contribution in [0, 0.1) is 16.7 Å². The third-order valence-corrected chi connectivity index (χ3v) is 5.00. The van der Waals surface area contributed by atoms with Crippen molar-refractivity contribution in [2.24, 2.45) is 5.41 Å². The molecule has 5 nitrogen and oxygen atoms in total. The van der Waals surface area contributed by atoms with Crippen LogP contribution >= 0.6 is 0 Å². The van der Waals surface area contributed by atoms with Gasteiger partial charge < -0.3 is 14.6 Å². The van der Waals surface area contributed by atoms with Gasteiger partial charge in [0.05, 0.1) is 5.56 Å². The molecule has 1 amide bonds. The monoisotopic (exact) mass is 273 g/mol. The largest absolute Gasteiger partial charge is 0.381 e. The number of ether oxygens (including phenoxy) is 1. The Labute approximate surface area is 118 Å². The fraction of sp³-hybridized carbons (Fsp3) is 0.600. The maximum atomic E-state index is 12.6. The highest BCUT2D eigenvalue weighted by molar-refractivity contribution is 5.94. The van der Waals surface area contributed by atoms with E-state index in [-0.39, 0.29) is 17.4 Å². The molecule has 3 rings (SSSR count). The highest BCUT2D eigenvalue weighted by Crippen LogP contribution is 2.45. The summed E-state index contributed by atoms with van der Waals surface area (Å²) in [5.74, 6) is 0.0265. The van der Waals surface area contributed by atoms with Crippen molar-refractivity contribution in [1.29, 1.82) is 5.26 Å². The summed E-state index contributed by atoms with van der Waals surface area (Å²) in [4.78, 5) is 17.3. The van der Waals surface area contributed by atoms with E-state index in [0.29, 0.717) is 11.3 Å². The molecule has 2 saturated heterocycles. The fourth-order valence-corrected chi connectivity index (χ4v) is 3.55. The van der Waals surface area contributed by atoms with Crippen LogP contribution in [-0.4, -0.2) is 41.6 Å². The van der Waals surface area contributed by atoms with Gasteiger partial charge in [0.15, 0.2) is 0 Å². The predicted octanol–water partition coefficient (Wildman–Crippen LogP) is 1.92. The lowest BCUT2D eigenvalue weighted by atomic mass is 9.74. The first-order valence-corrected chi connectivity index (χ1v) is 7.13. The molecule has 1 aromatic heterocycles. The van der Waals surface area contributed by atoms with Gasteiger partial charge in [0.25, 0.3) is 5.91 Å². The number of nitriles is 1. The summed E-state index contributed by atoms with van der Waals surface area (Å²) in [6.07, 6.45) is 4.75. The van der Waals surface area contributed by atoms with Gasteiger partial charge in [0.2, 0.25) is 0 Å². The number of H-pyrrole nitrogens is 1. The van der Waals surface area contributed by atoms with Gasteiger partial charge in [-0.25, -0.2) is 0 Å². The molecule has 3 heterocycles. The van der Waals surface area contributed by atoms with E-state index < -0.39 is 0 Å². The van der Waals surface area contributed by atoms with Crippen molar-refractivity contribution in [1.82, 2.24) is 9.88 Å². The zero-order chi connectivity index (χ0) is 14.2. The maximum Gasteiger partial charge on any atom is 0.255 e. The van der Waals surface area contributed by atoms with Crippen LogP contribution < -0.4 is 0 Å². The van der Waals surface area contributed by atoms with Crippen LogP contribution in [0.1, 0.15) is 42.2 Å². The number of amides is 1. The van der Waals surface area contributed by atoms with Crippen LogP contribution in [0.2, 0.25) is 0 Å².